The number of hydrogen-bond acceptors (Lipinski definition) is 7. The largest absolute Gasteiger partial charge is 0.453 e. The van der Waals surface area contributed by atoms with Gasteiger partial charge in [-0.05, 0) is 33.1 Å². The molecular weight excluding hydrogens is 348 g/mol. The third kappa shape index (κ3) is 2.10. The monoisotopic (exact) mass is 372 g/mol. The number of rotatable bonds is 4. The number of carbonyl (C=O) groups is 2. The van der Waals surface area contributed by atoms with Gasteiger partial charge in [-0.25, -0.2) is 9.59 Å². The number of hydrogen-bond donors (Lipinski definition) is 0. The zero-order valence-electron chi connectivity index (χ0n) is 15.1. The van der Waals surface area contributed by atoms with E-state index in [0.717, 1.165) is 0 Å². The first-order valence-electron chi connectivity index (χ1n) is 8.29. The third-order valence-corrected chi connectivity index (χ3v) is 8.67. The van der Waals surface area contributed by atoms with Gasteiger partial charge in [0.15, 0.2) is 6.61 Å². The van der Waals surface area contributed by atoms with Crippen LogP contribution in [0.5, 0.6) is 0 Å². The van der Waals surface area contributed by atoms with Gasteiger partial charge >= 0.3 is 11.9 Å². The molecule has 0 N–H and O–H groups in total. The van der Waals surface area contributed by atoms with Crippen molar-refractivity contribution in [3.05, 3.63) is 12.2 Å². The van der Waals surface area contributed by atoms with Gasteiger partial charge in [-0.1, -0.05) is 20.4 Å². The Kier molecular flexibility index (Phi) is 3.73. The summed E-state index contributed by atoms with van der Waals surface area (Å²) < 4.78 is 40.9. The summed E-state index contributed by atoms with van der Waals surface area (Å²) >= 11 is 0. The lowest BCUT2D eigenvalue weighted by atomic mass is 9.65. The van der Waals surface area contributed by atoms with Gasteiger partial charge in [-0.2, -0.15) is 8.42 Å². The van der Waals surface area contributed by atoms with Crippen LogP contribution in [0.4, 0.5) is 0 Å². The summed E-state index contributed by atoms with van der Waals surface area (Å²) in [5, 5.41) is -0.564. The summed E-state index contributed by atoms with van der Waals surface area (Å²) in [6, 6.07) is 0. The molecule has 2 aliphatic carbocycles. The van der Waals surface area contributed by atoms with Crippen molar-refractivity contribution in [1.82, 2.24) is 0 Å². The van der Waals surface area contributed by atoms with Crippen LogP contribution in [0.2, 0.25) is 0 Å². The molecule has 0 spiro atoms. The summed E-state index contributed by atoms with van der Waals surface area (Å²) in [4.78, 5) is 23.7. The fraction of sp³-hybridized carbons (Fsp3) is 0.765. The van der Waals surface area contributed by atoms with E-state index in [2.05, 4.69) is 6.58 Å². The van der Waals surface area contributed by atoms with E-state index in [0.29, 0.717) is 6.42 Å². The van der Waals surface area contributed by atoms with Crippen molar-refractivity contribution in [1.29, 1.82) is 0 Å². The van der Waals surface area contributed by atoms with Crippen LogP contribution < -0.4 is 0 Å². The molecule has 25 heavy (non-hydrogen) atoms. The maximum absolute atomic E-state index is 12.4. The molecule has 6 unspecified atom stereocenters. The van der Waals surface area contributed by atoms with Gasteiger partial charge in [0, 0.05) is 16.9 Å². The molecule has 8 heteroatoms. The lowest BCUT2D eigenvalue weighted by Crippen LogP contribution is -2.60. The van der Waals surface area contributed by atoms with Crippen molar-refractivity contribution < 1.29 is 31.7 Å². The molecule has 3 fully saturated rings. The van der Waals surface area contributed by atoms with Crippen molar-refractivity contribution in [2.24, 2.45) is 17.3 Å². The number of ether oxygens (including phenoxy) is 2. The molecule has 0 aromatic carbocycles. The van der Waals surface area contributed by atoms with E-state index in [9.17, 15) is 18.0 Å². The van der Waals surface area contributed by atoms with E-state index in [1.165, 1.54) is 6.92 Å². The number of esters is 2. The third-order valence-electron chi connectivity index (χ3n) is 6.89. The van der Waals surface area contributed by atoms with E-state index < -0.39 is 50.5 Å². The molecule has 1 aliphatic heterocycles. The average molecular weight is 372 g/mol. The summed E-state index contributed by atoms with van der Waals surface area (Å²) in [7, 11) is -3.69. The van der Waals surface area contributed by atoms with E-state index >= 15 is 0 Å². The van der Waals surface area contributed by atoms with Gasteiger partial charge in [0.1, 0.15) is 11.2 Å². The lowest BCUT2D eigenvalue weighted by molar-refractivity contribution is -0.207. The normalized spacial score (nSPS) is 46.0. The molecule has 6 atom stereocenters. The highest BCUT2D eigenvalue weighted by atomic mass is 32.2. The van der Waals surface area contributed by atoms with Crippen LogP contribution in [0.3, 0.4) is 0 Å². The van der Waals surface area contributed by atoms with E-state index in [-0.39, 0.29) is 17.4 Å². The SMILES string of the molecule is C=C(C)C(=O)OCC(=O)OC1(C)C2(C)CC3C(C2C)C1(C)OS3(=O)=O. The first-order valence-corrected chi connectivity index (χ1v) is 9.76. The Balaban J connectivity index is 1.87. The Morgan fingerprint density at radius 2 is 1.88 bits per heavy atom. The molecule has 7 nitrogen and oxygen atoms in total. The highest BCUT2D eigenvalue weighted by molar-refractivity contribution is 7.87. The fourth-order valence-electron chi connectivity index (χ4n) is 5.24. The first-order chi connectivity index (χ1) is 11.3. The minimum Gasteiger partial charge on any atom is -0.453 e. The summed E-state index contributed by atoms with van der Waals surface area (Å²) in [5.41, 5.74) is -2.64. The highest BCUT2D eigenvalue weighted by Crippen LogP contribution is 2.74. The minimum absolute atomic E-state index is 0.00976. The molecule has 2 saturated carbocycles. The van der Waals surface area contributed by atoms with Gasteiger partial charge in [-0.15, -0.1) is 0 Å². The molecule has 0 aromatic heterocycles. The quantitative estimate of drug-likeness (QED) is 0.420. The zero-order chi connectivity index (χ0) is 19.0. The van der Waals surface area contributed by atoms with Gasteiger partial charge in [0.05, 0.1) is 5.25 Å². The molecule has 1 saturated heterocycles. The maximum Gasteiger partial charge on any atom is 0.344 e. The molecule has 140 valence electrons. The predicted molar refractivity (Wildman–Crippen MR) is 87.8 cm³/mol. The van der Waals surface area contributed by atoms with Gasteiger partial charge in [0.2, 0.25) is 0 Å². The molecule has 1 heterocycles. The number of carbonyl (C=O) groups excluding carboxylic acids is 2. The fourth-order valence-corrected chi connectivity index (χ4v) is 7.52. The summed E-state index contributed by atoms with van der Waals surface area (Å²) in [6.07, 6.45) is 0.381. The second-order valence-electron chi connectivity index (χ2n) is 8.02. The first kappa shape index (κ1) is 18.4. The standard InChI is InChI=1S/C17H24O7S/c1-9(2)14(19)22-8-12(18)23-17(6)15(4)7-11-13(10(15)3)16(17,5)24-25(11,20)21/h10-11,13H,1,7-8H2,2-6H3. The number of fused-ring (bicyclic) bond motifs is 1. The second kappa shape index (κ2) is 5.07. The van der Waals surface area contributed by atoms with Crippen LogP contribution in [-0.2, 0) is 33.4 Å². The van der Waals surface area contributed by atoms with E-state index in [1.54, 1.807) is 13.8 Å². The Labute approximate surface area is 147 Å². The zero-order valence-corrected chi connectivity index (χ0v) is 15.9. The van der Waals surface area contributed by atoms with Crippen molar-refractivity contribution in [3.63, 3.8) is 0 Å². The van der Waals surface area contributed by atoms with Crippen LogP contribution >= 0.6 is 0 Å². The molecule has 0 amide bonds. The van der Waals surface area contributed by atoms with Crippen molar-refractivity contribution in [3.8, 4) is 0 Å². The second-order valence-corrected chi connectivity index (χ2v) is 9.78. The maximum atomic E-state index is 12.4. The Morgan fingerprint density at radius 3 is 2.44 bits per heavy atom. The predicted octanol–water partition coefficient (Wildman–Crippen LogP) is 1.57. The Bertz CT molecular complexity index is 772. The molecule has 0 aromatic rings. The van der Waals surface area contributed by atoms with Crippen LogP contribution in [0.25, 0.3) is 0 Å². The Hall–Kier alpha value is -1.41. The molecule has 2 bridgehead atoms. The van der Waals surface area contributed by atoms with Crippen molar-refractivity contribution in [2.75, 3.05) is 6.61 Å². The van der Waals surface area contributed by atoms with Crippen LogP contribution in [0.1, 0.15) is 41.0 Å². The van der Waals surface area contributed by atoms with Crippen LogP contribution in [-0.4, -0.2) is 43.4 Å². The smallest absolute Gasteiger partial charge is 0.344 e. The van der Waals surface area contributed by atoms with Gasteiger partial charge in [-0.3, -0.25) is 4.18 Å². The molecular formula is C17H24O7S. The van der Waals surface area contributed by atoms with Crippen molar-refractivity contribution >= 4 is 22.1 Å². The van der Waals surface area contributed by atoms with Gasteiger partial charge in [0.25, 0.3) is 10.1 Å². The summed E-state index contributed by atoms with van der Waals surface area (Å²) in [5.74, 6) is -1.64. The van der Waals surface area contributed by atoms with Gasteiger partial charge < -0.3 is 9.47 Å². The molecule has 0 radical (unpaired) electrons. The van der Waals surface area contributed by atoms with Crippen LogP contribution in [0, 0.1) is 17.3 Å². The average Bonchev–Trinajstić information content (AvgIpc) is 2.90. The topological polar surface area (TPSA) is 96.0 Å². The Morgan fingerprint density at radius 1 is 1.28 bits per heavy atom. The lowest BCUT2D eigenvalue weighted by Gasteiger charge is -2.48. The van der Waals surface area contributed by atoms with Crippen molar-refractivity contribution in [2.45, 2.75) is 57.5 Å². The van der Waals surface area contributed by atoms with Crippen LogP contribution in [0.15, 0.2) is 12.2 Å². The minimum atomic E-state index is -3.69. The molecule has 3 aliphatic rings. The summed E-state index contributed by atoms with van der Waals surface area (Å²) in [6.45, 7) is 11.7. The highest BCUT2D eigenvalue weighted by Gasteiger charge is 2.84. The van der Waals surface area contributed by atoms with E-state index in [4.69, 9.17) is 13.7 Å². The molecule has 3 rings (SSSR count). The van der Waals surface area contributed by atoms with E-state index in [1.807, 2.05) is 13.8 Å².